The highest BCUT2D eigenvalue weighted by Crippen LogP contribution is 2.33. The number of aromatic nitrogens is 2. The number of hydrogen-bond donors (Lipinski definition) is 2. The van der Waals surface area contributed by atoms with Crippen LogP contribution in [0.3, 0.4) is 0 Å². The van der Waals surface area contributed by atoms with E-state index in [1.807, 2.05) is 26.8 Å². The minimum atomic E-state index is -4.17. The highest BCUT2D eigenvalue weighted by atomic mass is 32.2. The largest absolute Gasteiger partial charge is 0.444 e. The Hall–Kier alpha value is -3.77. The van der Waals surface area contributed by atoms with Crippen LogP contribution >= 0.6 is 0 Å². The van der Waals surface area contributed by atoms with Crippen LogP contribution in [-0.4, -0.2) is 82.7 Å². The molecule has 0 radical (unpaired) electrons. The van der Waals surface area contributed by atoms with Crippen molar-refractivity contribution in [3.8, 4) is 0 Å². The quantitative estimate of drug-likeness (QED) is 0.395. The van der Waals surface area contributed by atoms with Gasteiger partial charge in [-0.1, -0.05) is 31.6 Å². The second kappa shape index (κ2) is 13.9. The topological polar surface area (TPSA) is 142 Å². The number of nitrogens with zero attached hydrogens (tertiary/aromatic N) is 4. The molecule has 0 saturated carbocycles. The summed E-state index contributed by atoms with van der Waals surface area (Å²) in [6.07, 6.45) is 3.00. The molecule has 2 aromatic rings. The lowest BCUT2D eigenvalue weighted by atomic mass is 9.90. The Labute approximate surface area is 272 Å². The fraction of sp³-hybridized carbons (Fsp3) is 0.529. The van der Waals surface area contributed by atoms with Crippen LogP contribution in [0.5, 0.6) is 0 Å². The van der Waals surface area contributed by atoms with Gasteiger partial charge in [0.15, 0.2) is 0 Å². The van der Waals surface area contributed by atoms with Crippen LogP contribution in [0.4, 0.5) is 10.7 Å². The molecule has 1 aromatic heterocycles. The minimum absolute atomic E-state index is 0.00977. The third-order valence-corrected chi connectivity index (χ3v) is 9.21. The van der Waals surface area contributed by atoms with E-state index in [1.165, 1.54) is 28.7 Å². The van der Waals surface area contributed by atoms with E-state index in [-0.39, 0.29) is 42.0 Å². The SMILES string of the molecule is CC1=CCCC(C)=C1c1cc(C)nc(NS(=O)(=O)c2cccc(C(=O)N3C[C@H](O)CN(C(=O)OC(C)(C)C)C[C@@H]3CC(C)C)c2)n1. The number of ether oxygens (including phenoxy) is 1. The van der Waals surface area contributed by atoms with Crippen LogP contribution in [0.25, 0.3) is 5.57 Å². The summed E-state index contributed by atoms with van der Waals surface area (Å²) >= 11 is 0. The number of carbonyl (C=O) groups excluding carboxylic acids is 2. The number of allylic oxidation sites excluding steroid dienone is 4. The lowest BCUT2D eigenvalue weighted by Gasteiger charge is -2.33. The molecule has 0 spiro atoms. The van der Waals surface area contributed by atoms with Crippen molar-refractivity contribution in [2.24, 2.45) is 5.92 Å². The Morgan fingerprint density at radius 3 is 2.46 bits per heavy atom. The highest BCUT2D eigenvalue weighted by molar-refractivity contribution is 7.92. The zero-order valence-electron chi connectivity index (χ0n) is 28.1. The fourth-order valence-corrected chi connectivity index (χ4v) is 6.95. The predicted octanol–water partition coefficient (Wildman–Crippen LogP) is 5.57. The van der Waals surface area contributed by atoms with Crippen LogP contribution < -0.4 is 4.72 Å². The number of aliphatic hydroxyl groups is 1. The van der Waals surface area contributed by atoms with E-state index < -0.39 is 39.8 Å². The predicted molar refractivity (Wildman–Crippen MR) is 178 cm³/mol. The average molecular weight is 654 g/mol. The lowest BCUT2D eigenvalue weighted by Crippen LogP contribution is -2.47. The number of sulfonamides is 1. The Balaban J connectivity index is 1.61. The minimum Gasteiger partial charge on any atom is -0.444 e. The summed E-state index contributed by atoms with van der Waals surface area (Å²) in [5.41, 5.74) is 3.95. The molecule has 1 aliphatic heterocycles. The summed E-state index contributed by atoms with van der Waals surface area (Å²) in [6, 6.07) is 7.19. The van der Waals surface area contributed by atoms with Crippen molar-refractivity contribution >= 4 is 33.5 Å². The number of rotatable bonds is 7. The average Bonchev–Trinajstić information content (AvgIpc) is 3.09. The zero-order chi connectivity index (χ0) is 34.0. The smallest absolute Gasteiger partial charge is 0.410 e. The first-order valence-corrected chi connectivity index (χ1v) is 17.2. The molecule has 2 aliphatic rings. The molecule has 46 heavy (non-hydrogen) atoms. The normalized spacial score (nSPS) is 19.6. The van der Waals surface area contributed by atoms with E-state index in [2.05, 4.69) is 27.7 Å². The molecule has 12 heteroatoms. The van der Waals surface area contributed by atoms with E-state index >= 15 is 0 Å². The number of amides is 2. The second-order valence-electron chi connectivity index (χ2n) is 13.7. The van der Waals surface area contributed by atoms with Crippen LogP contribution in [-0.2, 0) is 14.8 Å². The van der Waals surface area contributed by atoms with E-state index in [0.29, 0.717) is 17.8 Å². The van der Waals surface area contributed by atoms with E-state index in [1.54, 1.807) is 38.7 Å². The third-order valence-electron chi connectivity index (χ3n) is 7.88. The number of nitrogens with one attached hydrogen (secondary N) is 1. The third kappa shape index (κ3) is 8.73. The van der Waals surface area contributed by atoms with Gasteiger partial charge >= 0.3 is 6.09 Å². The second-order valence-corrected chi connectivity index (χ2v) is 15.4. The van der Waals surface area contributed by atoms with Crippen molar-refractivity contribution in [1.29, 1.82) is 0 Å². The zero-order valence-corrected chi connectivity index (χ0v) is 28.9. The van der Waals surface area contributed by atoms with Crippen LogP contribution in [0.15, 0.2) is 52.4 Å². The summed E-state index contributed by atoms with van der Waals surface area (Å²) < 4.78 is 35.2. The van der Waals surface area contributed by atoms with Gasteiger partial charge in [0.2, 0.25) is 5.95 Å². The van der Waals surface area contributed by atoms with Crippen molar-refractivity contribution in [2.75, 3.05) is 24.4 Å². The highest BCUT2D eigenvalue weighted by Gasteiger charge is 2.36. The Morgan fingerprint density at radius 1 is 1.09 bits per heavy atom. The molecule has 2 atom stereocenters. The number of benzene rings is 1. The lowest BCUT2D eigenvalue weighted by molar-refractivity contribution is 0.0171. The molecule has 1 aromatic carbocycles. The van der Waals surface area contributed by atoms with Crippen LogP contribution in [0, 0.1) is 12.8 Å². The molecule has 1 fully saturated rings. The molecule has 1 saturated heterocycles. The van der Waals surface area contributed by atoms with Crippen LogP contribution in [0.1, 0.15) is 89.5 Å². The summed E-state index contributed by atoms with van der Waals surface area (Å²) in [5, 5.41) is 10.9. The van der Waals surface area contributed by atoms with Crippen molar-refractivity contribution in [2.45, 2.75) is 97.3 Å². The summed E-state index contributed by atoms with van der Waals surface area (Å²) in [6.45, 7) is 15.4. The number of β-amino-alcohol motifs (C(OH)–C–C–N with tert-alkyl or cyclic N) is 1. The maximum Gasteiger partial charge on any atom is 0.410 e. The van der Waals surface area contributed by atoms with Gasteiger partial charge in [-0.3, -0.25) is 4.79 Å². The maximum absolute atomic E-state index is 14.0. The molecule has 2 amide bonds. The van der Waals surface area contributed by atoms with Crippen molar-refractivity contribution in [3.63, 3.8) is 0 Å². The van der Waals surface area contributed by atoms with Crippen molar-refractivity contribution in [1.82, 2.24) is 19.8 Å². The molecule has 1 aliphatic carbocycles. The number of hydrogen-bond acceptors (Lipinski definition) is 8. The molecule has 11 nitrogen and oxygen atoms in total. The van der Waals surface area contributed by atoms with Gasteiger partial charge in [0, 0.05) is 29.9 Å². The molecule has 250 valence electrons. The van der Waals surface area contributed by atoms with Gasteiger partial charge in [0.25, 0.3) is 15.9 Å². The van der Waals surface area contributed by atoms with Gasteiger partial charge in [-0.05, 0) is 96.6 Å². The van der Waals surface area contributed by atoms with Crippen molar-refractivity contribution in [3.05, 3.63) is 64.5 Å². The first kappa shape index (κ1) is 35.1. The standard InChI is InChI=1S/C34H47N5O6S/c1-21(2)15-26-18-38(33(42)45-34(6,7)8)19-27(40)20-39(26)31(41)25-13-10-14-28(17-25)46(43,44)37-32-35-24(5)16-29(36-32)30-22(3)11-9-12-23(30)4/h10-11,13-14,16-17,21,26-27,40H,9,12,15,18-20H2,1-8H3,(H,35,36,37)/t26-,27+/m0/s1. The Kier molecular flexibility index (Phi) is 10.6. The Bertz CT molecular complexity index is 1640. The van der Waals surface area contributed by atoms with E-state index in [4.69, 9.17) is 4.74 Å². The fourth-order valence-electron chi connectivity index (χ4n) is 5.96. The number of aryl methyl sites for hydroxylation is 1. The van der Waals surface area contributed by atoms with Gasteiger partial charge in [-0.25, -0.2) is 27.9 Å². The first-order chi connectivity index (χ1) is 21.4. The monoisotopic (exact) mass is 653 g/mol. The molecular weight excluding hydrogens is 606 g/mol. The molecule has 4 rings (SSSR count). The van der Waals surface area contributed by atoms with Crippen LogP contribution in [0.2, 0.25) is 0 Å². The summed E-state index contributed by atoms with van der Waals surface area (Å²) in [5.74, 6) is -0.317. The van der Waals surface area contributed by atoms with E-state index in [9.17, 15) is 23.1 Å². The molecule has 2 heterocycles. The maximum atomic E-state index is 14.0. The summed E-state index contributed by atoms with van der Waals surface area (Å²) in [4.78, 5) is 38.7. The molecular formula is C34H47N5O6S. The molecule has 0 unspecified atom stereocenters. The molecule has 0 bridgehead atoms. The number of anilines is 1. The van der Waals surface area contributed by atoms with Gasteiger partial charge in [0.05, 0.1) is 29.3 Å². The van der Waals surface area contributed by atoms with Gasteiger partial charge in [0.1, 0.15) is 5.60 Å². The van der Waals surface area contributed by atoms with E-state index in [0.717, 1.165) is 24.0 Å². The molecule has 2 N–H and O–H groups in total. The Morgan fingerprint density at radius 2 is 1.80 bits per heavy atom. The van der Waals surface area contributed by atoms with Gasteiger partial charge < -0.3 is 19.6 Å². The first-order valence-electron chi connectivity index (χ1n) is 15.8. The van der Waals surface area contributed by atoms with Crippen molar-refractivity contribution < 1.29 is 27.9 Å². The van der Waals surface area contributed by atoms with Gasteiger partial charge in [-0.15, -0.1) is 0 Å². The summed E-state index contributed by atoms with van der Waals surface area (Å²) in [7, 11) is -4.17. The number of carbonyl (C=O) groups is 2. The van der Waals surface area contributed by atoms with Gasteiger partial charge in [-0.2, -0.15) is 0 Å². The number of aliphatic hydroxyl groups excluding tert-OH is 1.